The summed E-state index contributed by atoms with van der Waals surface area (Å²) in [6, 6.07) is 21.0. The van der Waals surface area contributed by atoms with Gasteiger partial charge in [-0.2, -0.15) is 0 Å². The third kappa shape index (κ3) is 2.93. The number of likely N-dealkylation sites (tertiary alicyclic amines) is 1. The van der Waals surface area contributed by atoms with Crippen molar-refractivity contribution >= 4 is 0 Å². The summed E-state index contributed by atoms with van der Waals surface area (Å²) in [5.41, 5.74) is 4.39. The molecule has 2 bridgehead atoms. The molecule has 1 heterocycles. The Morgan fingerprint density at radius 2 is 1.48 bits per heavy atom. The Balaban J connectivity index is 1.31. The Labute approximate surface area is 152 Å². The van der Waals surface area contributed by atoms with Gasteiger partial charge in [0.2, 0.25) is 0 Å². The first-order chi connectivity index (χ1) is 12.4. The third-order valence-corrected chi connectivity index (χ3v) is 7.18. The summed E-state index contributed by atoms with van der Waals surface area (Å²) in [4.78, 5) is 2.85. The van der Waals surface area contributed by atoms with Gasteiger partial charge >= 0.3 is 0 Å². The van der Waals surface area contributed by atoms with Crippen LogP contribution in [0.25, 0.3) is 11.1 Å². The molecule has 0 aromatic heterocycles. The second kappa shape index (κ2) is 6.61. The van der Waals surface area contributed by atoms with Crippen molar-refractivity contribution in [3.8, 4) is 11.1 Å². The molecule has 0 amide bonds. The Morgan fingerprint density at radius 3 is 2.20 bits per heavy atom. The highest BCUT2D eigenvalue weighted by molar-refractivity contribution is 5.68. The summed E-state index contributed by atoms with van der Waals surface area (Å²) in [5.74, 6) is 2.82. The van der Waals surface area contributed by atoms with Crippen LogP contribution < -0.4 is 0 Å². The maximum atomic E-state index is 2.85. The SMILES string of the molecule is c1ccc(-c2ccccc2C2CCN([C@H]3CC4CCC3C4)CC2)cc1. The average molecular weight is 332 g/mol. The van der Waals surface area contributed by atoms with Crippen LogP contribution in [0.15, 0.2) is 54.6 Å². The van der Waals surface area contributed by atoms with E-state index in [-0.39, 0.29) is 0 Å². The van der Waals surface area contributed by atoms with Crippen molar-refractivity contribution in [1.29, 1.82) is 0 Å². The van der Waals surface area contributed by atoms with Crippen LogP contribution in [-0.2, 0) is 0 Å². The van der Waals surface area contributed by atoms with E-state index in [0.717, 1.165) is 23.8 Å². The van der Waals surface area contributed by atoms with E-state index in [0.29, 0.717) is 0 Å². The molecule has 1 heteroatoms. The van der Waals surface area contributed by atoms with Gasteiger partial charge in [-0.05, 0) is 79.6 Å². The summed E-state index contributed by atoms with van der Waals surface area (Å²) in [6.45, 7) is 2.61. The maximum Gasteiger partial charge on any atom is 0.0126 e. The fourth-order valence-electron chi connectivity index (χ4n) is 5.93. The van der Waals surface area contributed by atoms with Crippen LogP contribution in [0.1, 0.15) is 50.0 Å². The molecule has 0 radical (unpaired) electrons. The first-order valence-electron chi connectivity index (χ1n) is 10.3. The lowest BCUT2D eigenvalue weighted by molar-refractivity contribution is 0.111. The van der Waals surface area contributed by atoms with Gasteiger partial charge in [0, 0.05) is 6.04 Å². The highest BCUT2D eigenvalue weighted by Gasteiger charge is 2.42. The fourth-order valence-corrected chi connectivity index (χ4v) is 5.93. The van der Waals surface area contributed by atoms with Gasteiger partial charge in [-0.3, -0.25) is 0 Å². The molecule has 0 spiro atoms. The quantitative estimate of drug-likeness (QED) is 0.695. The summed E-state index contributed by atoms with van der Waals surface area (Å²) in [7, 11) is 0. The second-order valence-corrected chi connectivity index (χ2v) is 8.51. The molecule has 1 nitrogen and oxygen atoms in total. The topological polar surface area (TPSA) is 3.24 Å². The summed E-state index contributed by atoms with van der Waals surface area (Å²) in [5, 5.41) is 0. The first-order valence-corrected chi connectivity index (χ1v) is 10.3. The minimum Gasteiger partial charge on any atom is -0.300 e. The highest BCUT2D eigenvalue weighted by atomic mass is 15.2. The number of piperidine rings is 1. The van der Waals surface area contributed by atoms with Crippen molar-refractivity contribution in [2.24, 2.45) is 11.8 Å². The van der Waals surface area contributed by atoms with Crippen LogP contribution in [-0.4, -0.2) is 24.0 Å². The normalized spacial score (nSPS) is 30.0. The number of hydrogen-bond donors (Lipinski definition) is 0. The zero-order valence-electron chi connectivity index (χ0n) is 15.1. The molecule has 5 rings (SSSR count). The van der Waals surface area contributed by atoms with Crippen molar-refractivity contribution in [3.05, 3.63) is 60.2 Å². The molecule has 2 unspecified atom stereocenters. The summed E-state index contributed by atoms with van der Waals surface area (Å²) < 4.78 is 0. The van der Waals surface area contributed by atoms with Gasteiger partial charge in [0.05, 0.1) is 0 Å². The first kappa shape index (κ1) is 15.6. The van der Waals surface area contributed by atoms with Crippen LogP contribution >= 0.6 is 0 Å². The van der Waals surface area contributed by atoms with Crippen LogP contribution in [0.2, 0.25) is 0 Å². The van der Waals surface area contributed by atoms with E-state index in [2.05, 4.69) is 59.5 Å². The van der Waals surface area contributed by atoms with Crippen molar-refractivity contribution in [2.75, 3.05) is 13.1 Å². The van der Waals surface area contributed by atoms with E-state index in [1.54, 1.807) is 5.56 Å². The van der Waals surface area contributed by atoms with E-state index in [1.807, 2.05) is 0 Å². The molecule has 130 valence electrons. The highest BCUT2D eigenvalue weighted by Crippen LogP contribution is 2.47. The van der Waals surface area contributed by atoms with E-state index in [4.69, 9.17) is 0 Å². The Kier molecular flexibility index (Phi) is 4.13. The van der Waals surface area contributed by atoms with Crippen LogP contribution in [0.4, 0.5) is 0 Å². The second-order valence-electron chi connectivity index (χ2n) is 8.51. The van der Waals surface area contributed by atoms with Gasteiger partial charge in [-0.25, -0.2) is 0 Å². The molecule has 2 saturated carbocycles. The molecule has 2 aromatic carbocycles. The molecule has 3 atom stereocenters. The van der Waals surface area contributed by atoms with Crippen molar-refractivity contribution < 1.29 is 0 Å². The van der Waals surface area contributed by atoms with Crippen LogP contribution in [0.5, 0.6) is 0 Å². The summed E-state index contributed by atoms with van der Waals surface area (Å²) >= 11 is 0. The molecular formula is C24H29N. The molecule has 2 aliphatic carbocycles. The number of nitrogens with zero attached hydrogens (tertiary/aromatic N) is 1. The standard InChI is InChI=1S/C24H29N/c1-2-6-19(7-3-1)22-8-4-5-9-23(22)20-12-14-25(15-13-20)24-17-18-10-11-21(24)16-18/h1-9,18,20-21,24H,10-17H2/t18?,21?,24-/m0/s1. The minimum atomic E-state index is 0.728. The predicted octanol–water partition coefficient (Wildman–Crippen LogP) is 5.72. The van der Waals surface area contributed by atoms with Gasteiger partial charge in [-0.15, -0.1) is 0 Å². The number of rotatable bonds is 3. The van der Waals surface area contributed by atoms with Crippen LogP contribution in [0, 0.1) is 11.8 Å². The van der Waals surface area contributed by atoms with Crippen molar-refractivity contribution in [2.45, 2.75) is 50.5 Å². The molecule has 0 N–H and O–H groups in total. The lowest BCUT2D eigenvalue weighted by Gasteiger charge is -2.40. The Bertz CT molecular complexity index is 714. The Morgan fingerprint density at radius 1 is 0.720 bits per heavy atom. The molecule has 3 aliphatic rings. The lowest BCUT2D eigenvalue weighted by atomic mass is 9.83. The smallest absolute Gasteiger partial charge is 0.0126 e. The van der Waals surface area contributed by atoms with Gasteiger partial charge in [0.25, 0.3) is 0 Å². The van der Waals surface area contributed by atoms with Crippen molar-refractivity contribution in [3.63, 3.8) is 0 Å². The van der Waals surface area contributed by atoms with Gasteiger partial charge < -0.3 is 4.90 Å². The molecule has 3 fully saturated rings. The van der Waals surface area contributed by atoms with Gasteiger partial charge in [0.1, 0.15) is 0 Å². The van der Waals surface area contributed by atoms with E-state index in [1.165, 1.54) is 62.7 Å². The fraction of sp³-hybridized carbons (Fsp3) is 0.500. The third-order valence-electron chi connectivity index (χ3n) is 7.18. The van der Waals surface area contributed by atoms with Gasteiger partial charge in [-0.1, -0.05) is 61.0 Å². The molecule has 1 saturated heterocycles. The number of benzene rings is 2. The zero-order chi connectivity index (χ0) is 16.6. The van der Waals surface area contributed by atoms with Crippen LogP contribution in [0.3, 0.4) is 0 Å². The minimum absolute atomic E-state index is 0.728. The summed E-state index contributed by atoms with van der Waals surface area (Å²) in [6.07, 6.45) is 8.71. The molecule has 2 aromatic rings. The molecular weight excluding hydrogens is 302 g/mol. The average Bonchev–Trinajstić information content (AvgIpc) is 3.32. The van der Waals surface area contributed by atoms with E-state index >= 15 is 0 Å². The van der Waals surface area contributed by atoms with E-state index < -0.39 is 0 Å². The number of fused-ring (bicyclic) bond motifs is 2. The maximum absolute atomic E-state index is 2.85. The monoisotopic (exact) mass is 331 g/mol. The predicted molar refractivity (Wildman–Crippen MR) is 105 cm³/mol. The largest absolute Gasteiger partial charge is 0.300 e. The molecule has 1 aliphatic heterocycles. The molecule has 25 heavy (non-hydrogen) atoms. The number of hydrogen-bond acceptors (Lipinski definition) is 1. The van der Waals surface area contributed by atoms with Gasteiger partial charge in [0.15, 0.2) is 0 Å². The Hall–Kier alpha value is -1.60. The lowest BCUT2D eigenvalue weighted by Crippen LogP contribution is -2.43. The zero-order valence-corrected chi connectivity index (χ0v) is 15.1. The van der Waals surface area contributed by atoms with E-state index in [9.17, 15) is 0 Å². The van der Waals surface area contributed by atoms with Crippen molar-refractivity contribution in [1.82, 2.24) is 4.90 Å².